The monoisotopic (exact) mass is 273 g/mol. The molecule has 0 aliphatic carbocycles. The molecule has 1 unspecified atom stereocenters. The largest absolute Gasteiger partial charge is 0.469 e. The van der Waals surface area contributed by atoms with Gasteiger partial charge >= 0.3 is 0 Å². The van der Waals surface area contributed by atoms with Crippen molar-refractivity contribution in [3.8, 4) is 11.4 Å². The Balaban J connectivity index is 1.72. The van der Waals surface area contributed by atoms with E-state index in [0.29, 0.717) is 0 Å². The summed E-state index contributed by atoms with van der Waals surface area (Å²) in [6.07, 6.45) is 3.58. The van der Waals surface area contributed by atoms with Gasteiger partial charge in [-0.25, -0.2) is 4.68 Å². The highest BCUT2D eigenvalue weighted by atomic mass is 32.2. The van der Waals surface area contributed by atoms with Crippen molar-refractivity contribution < 1.29 is 4.42 Å². The zero-order chi connectivity index (χ0) is 12.8. The van der Waals surface area contributed by atoms with Crippen molar-refractivity contribution in [1.29, 1.82) is 0 Å². The van der Waals surface area contributed by atoms with E-state index in [0.717, 1.165) is 28.0 Å². The summed E-state index contributed by atoms with van der Waals surface area (Å²) in [5.74, 6) is 1.62. The van der Waals surface area contributed by atoms with Crippen LogP contribution in [0.15, 0.2) is 40.2 Å². The van der Waals surface area contributed by atoms with Crippen molar-refractivity contribution in [3.05, 3.63) is 42.1 Å². The van der Waals surface area contributed by atoms with Gasteiger partial charge in [0.1, 0.15) is 11.1 Å². The number of rotatable bonds is 2. The Bertz CT molecular complexity index is 714. The van der Waals surface area contributed by atoms with Crippen LogP contribution in [0.3, 0.4) is 0 Å². The minimum atomic E-state index is 0.131. The lowest BCUT2D eigenvalue weighted by molar-refractivity contribution is 0.535. The second kappa shape index (κ2) is 3.92. The minimum absolute atomic E-state index is 0.131. The molecule has 0 saturated carbocycles. The Morgan fingerprint density at radius 1 is 1.37 bits per heavy atom. The molecule has 0 radical (unpaired) electrons. The first-order chi connectivity index (χ1) is 9.33. The van der Waals surface area contributed by atoms with Crippen molar-refractivity contribution >= 4 is 11.8 Å². The fraction of sp³-hybridized carbons (Fsp3) is 0.167. The van der Waals surface area contributed by atoms with Crippen molar-refractivity contribution in [2.45, 2.75) is 17.5 Å². The van der Waals surface area contributed by atoms with E-state index in [4.69, 9.17) is 4.42 Å². The molecule has 3 aromatic heterocycles. The molecular weight excluding hydrogens is 262 g/mol. The number of thioether (sulfide) groups is 1. The van der Waals surface area contributed by atoms with E-state index in [-0.39, 0.29) is 5.37 Å². The van der Waals surface area contributed by atoms with Crippen LogP contribution in [0.25, 0.3) is 11.4 Å². The van der Waals surface area contributed by atoms with Crippen molar-refractivity contribution in [2.24, 2.45) is 0 Å². The number of H-pyrrole nitrogens is 1. The van der Waals surface area contributed by atoms with Gasteiger partial charge in [0.2, 0.25) is 5.16 Å². The number of aromatic amines is 1. The van der Waals surface area contributed by atoms with Gasteiger partial charge in [-0.2, -0.15) is 0 Å². The zero-order valence-corrected chi connectivity index (χ0v) is 10.9. The maximum atomic E-state index is 5.33. The van der Waals surface area contributed by atoms with Crippen LogP contribution >= 0.6 is 11.8 Å². The highest BCUT2D eigenvalue weighted by Gasteiger charge is 2.29. The first kappa shape index (κ1) is 10.7. The number of aromatic nitrogens is 4. The summed E-state index contributed by atoms with van der Waals surface area (Å²) in [6.45, 7) is 1.92. The van der Waals surface area contributed by atoms with Crippen LogP contribution in [0, 0.1) is 6.92 Å². The molecular formula is C12H11N5OS. The fourth-order valence-corrected chi connectivity index (χ4v) is 3.12. The zero-order valence-electron chi connectivity index (χ0n) is 10.1. The highest BCUT2D eigenvalue weighted by molar-refractivity contribution is 7.99. The van der Waals surface area contributed by atoms with E-state index in [9.17, 15) is 0 Å². The summed E-state index contributed by atoms with van der Waals surface area (Å²) in [4.78, 5) is 3.21. The molecule has 0 aromatic carbocycles. The minimum Gasteiger partial charge on any atom is -0.469 e. The Kier molecular flexibility index (Phi) is 2.22. The van der Waals surface area contributed by atoms with E-state index in [1.807, 2.05) is 36.0 Å². The molecule has 0 spiro atoms. The summed E-state index contributed by atoms with van der Waals surface area (Å²) in [5, 5.41) is 9.42. The lowest BCUT2D eigenvalue weighted by Crippen LogP contribution is -2.14. The smallest absolute Gasteiger partial charge is 0.212 e. The number of hydrogen-bond acceptors (Lipinski definition) is 5. The normalized spacial score (nSPS) is 17.4. The quantitative estimate of drug-likeness (QED) is 0.750. The van der Waals surface area contributed by atoms with Crippen molar-refractivity contribution in [3.63, 3.8) is 0 Å². The lowest BCUT2D eigenvalue weighted by atomic mass is 10.2. The number of hydrogen-bond donors (Lipinski definition) is 2. The predicted molar refractivity (Wildman–Crippen MR) is 71.2 cm³/mol. The van der Waals surface area contributed by atoms with Gasteiger partial charge in [0.25, 0.3) is 0 Å². The van der Waals surface area contributed by atoms with Gasteiger partial charge in [0.15, 0.2) is 5.82 Å². The molecule has 3 aromatic rings. The number of nitrogens with one attached hydrogen (secondary N) is 2. The Morgan fingerprint density at radius 2 is 2.32 bits per heavy atom. The Morgan fingerprint density at radius 3 is 3.05 bits per heavy atom. The first-order valence-corrected chi connectivity index (χ1v) is 6.77. The molecule has 0 bridgehead atoms. The second-order valence-corrected chi connectivity index (χ2v) is 5.36. The van der Waals surface area contributed by atoms with Crippen LogP contribution in [0.4, 0.5) is 0 Å². The molecule has 4 rings (SSSR count). The molecule has 7 heteroatoms. The summed E-state index contributed by atoms with van der Waals surface area (Å²) in [5.41, 5.74) is 5.46. The molecule has 1 aliphatic rings. The van der Waals surface area contributed by atoms with Crippen LogP contribution in [0.2, 0.25) is 0 Å². The molecule has 4 heterocycles. The third-order valence-electron chi connectivity index (χ3n) is 3.11. The van der Waals surface area contributed by atoms with Gasteiger partial charge in [0, 0.05) is 11.9 Å². The summed E-state index contributed by atoms with van der Waals surface area (Å²) in [6, 6.07) is 5.94. The third kappa shape index (κ3) is 1.58. The van der Waals surface area contributed by atoms with E-state index in [2.05, 4.69) is 20.6 Å². The van der Waals surface area contributed by atoms with E-state index >= 15 is 0 Å². The van der Waals surface area contributed by atoms with Crippen LogP contribution in [-0.4, -0.2) is 19.9 Å². The SMILES string of the molecule is Cc1occc1-c1nnc2n1NC(c1ccc[nH]1)S2. The summed E-state index contributed by atoms with van der Waals surface area (Å²) >= 11 is 1.63. The molecule has 2 N–H and O–H groups in total. The molecule has 1 atom stereocenters. The maximum absolute atomic E-state index is 5.33. The second-order valence-electron chi connectivity index (χ2n) is 4.28. The van der Waals surface area contributed by atoms with Gasteiger partial charge in [-0.3, -0.25) is 0 Å². The number of aryl methyl sites for hydroxylation is 1. The van der Waals surface area contributed by atoms with Crippen LogP contribution in [-0.2, 0) is 0 Å². The molecule has 0 saturated heterocycles. The Hall–Kier alpha value is -2.15. The maximum Gasteiger partial charge on any atom is 0.212 e. The molecule has 1 aliphatic heterocycles. The average Bonchev–Trinajstić information content (AvgIpc) is 3.11. The van der Waals surface area contributed by atoms with Gasteiger partial charge in [-0.05, 0) is 25.1 Å². The number of nitrogens with zero attached hydrogens (tertiary/aromatic N) is 3. The lowest BCUT2D eigenvalue weighted by Gasteiger charge is -2.09. The number of fused-ring (bicyclic) bond motifs is 1. The van der Waals surface area contributed by atoms with Gasteiger partial charge in [-0.15, -0.1) is 10.2 Å². The fourth-order valence-electron chi connectivity index (χ4n) is 2.14. The molecule has 0 fully saturated rings. The van der Waals surface area contributed by atoms with Crippen molar-refractivity contribution in [1.82, 2.24) is 19.9 Å². The van der Waals surface area contributed by atoms with Crippen LogP contribution in [0.1, 0.15) is 16.8 Å². The van der Waals surface area contributed by atoms with E-state index in [1.54, 1.807) is 18.0 Å². The van der Waals surface area contributed by atoms with Crippen molar-refractivity contribution in [2.75, 3.05) is 5.43 Å². The molecule has 0 amide bonds. The summed E-state index contributed by atoms with van der Waals surface area (Å²) < 4.78 is 7.24. The molecule has 6 nitrogen and oxygen atoms in total. The third-order valence-corrected chi connectivity index (χ3v) is 4.18. The molecule has 96 valence electrons. The Labute approximate surface area is 113 Å². The first-order valence-electron chi connectivity index (χ1n) is 5.89. The van der Waals surface area contributed by atoms with Gasteiger partial charge in [-0.1, -0.05) is 11.8 Å². The van der Waals surface area contributed by atoms with E-state index in [1.165, 1.54) is 0 Å². The highest BCUT2D eigenvalue weighted by Crippen LogP contribution is 2.39. The van der Waals surface area contributed by atoms with E-state index < -0.39 is 0 Å². The topological polar surface area (TPSA) is 71.7 Å². The standard InChI is InChI=1S/C12H11N5OS/c1-7-8(4-6-18-7)10-14-15-12-17(10)16-11(19-12)9-3-2-5-13-9/h2-6,11,13,16H,1H3. The van der Waals surface area contributed by atoms with Crippen LogP contribution < -0.4 is 5.43 Å². The van der Waals surface area contributed by atoms with Gasteiger partial charge < -0.3 is 14.8 Å². The predicted octanol–water partition coefficient (Wildman–Crippen LogP) is 2.52. The average molecular weight is 273 g/mol. The molecule has 19 heavy (non-hydrogen) atoms. The van der Waals surface area contributed by atoms with Crippen LogP contribution in [0.5, 0.6) is 0 Å². The number of furan rings is 1. The van der Waals surface area contributed by atoms with Gasteiger partial charge in [0.05, 0.1) is 11.8 Å². The summed E-state index contributed by atoms with van der Waals surface area (Å²) in [7, 11) is 0.